The number of hydrogen-bond donors (Lipinski definition) is 2. The maximum atomic E-state index is 10.5. The monoisotopic (exact) mass is 221 g/mol. The third-order valence-electron chi connectivity index (χ3n) is 1.74. The van der Waals surface area contributed by atoms with Crippen LogP contribution >= 0.6 is 0 Å². The molecular formula is C10H7NO5. The van der Waals surface area contributed by atoms with E-state index < -0.39 is 5.97 Å². The molecule has 6 heteroatoms. The average molecular weight is 221 g/mol. The number of phenols is 1. The van der Waals surface area contributed by atoms with E-state index in [4.69, 9.17) is 19.4 Å². The number of rotatable bonds is 3. The summed E-state index contributed by atoms with van der Waals surface area (Å²) in [6.07, 6.45) is 0.820. The van der Waals surface area contributed by atoms with Gasteiger partial charge in [0, 0.05) is 0 Å². The van der Waals surface area contributed by atoms with Gasteiger partial charge in [0.1, 0.15) is 17.8 Å². The second kappa shape index (κ2) is 3.93. The highest BCUT2D eigenvalue weighted by Gasteiger charge is 2.11. The molecule has 0 aliphatic heterocycles. The van der Waals surface area contributed by atoms with Crippen molar-refractivity contribution in [2.24, 2.45) is 0 Å². The van der Waals surface area contributed by atoms with Crippen molar-refractivity contribution in [1.82, 2.24) is 4.98 Å². The molecule has 0 spiro atoms. The molecule has 0 unspecified atom stereocenters. The minimum atomic E-state index is -1.19. The number of benzene rings is 1. The highest BCUT2D eigenvalue weighted by molar-refractivity contribution is 5.84. The van der Waals surface area contributed by atoms with Crippen molar-refractivity contribution >= 4 is 5.97 Å². The zero-order valence-corrected chi connectivity index (χ0v) is 7.95. The van der Waals surface area contributed by atoms with Gasteiger partial charge in [-0.05, 0) is 24.3 Å². The van der Waals surface area contributed by atoms with Crippen molar-refractivity contribution in [3.8, 4) is 17.6 Å². The lowest BCUT2D eigenvalue weighted by Crippen LogP contribution is -1.95. The summed E-state index contributed by atoms with van der Waals surface area (Å²) in [5, 5.41) is 17.6. The van der Waals surface area contributed by atoms with Crippen LogP contribution in [0.5, 0.6) is 17.6 Å². The number of ether oxygens (including phenoxy) is 1. The fourth-order valence-electron chi connectivity index (χ4n) is 1.02. The highest BCUT2D eigenvalue weighted by atomic mass is 16.6. The Morgan fingerprint density at radius 1 is 1.31 bits per heavy atom. The Bertz CT molecular complexity index is 502. The molecule has 0 aliphatic rings. The number of phenolic OH excluding ortho intramolecular Hbond substituents is 1. The van der Waals surface area contributed by atoms with E-state index in [1.54, 1.807) is 0 Å². The first kappa shape index (κ1) is 10.0. The molecule has 0 saturated heterocycles. The van der Waals surface area contributed by atoms with E-state index in [9.17, 15) is 4.79 Å². The molecule has 2 rings (SSSR count). The molecule has 0 bridgehead atoms. The summed E-state index contributed by atoms with van der Waals surface area (Å²) in [4.78, 5) is 14.1. The molecule has 16 heavy (non-hydrogen) atoms. The molecule has 0 amide bonds. The second-order valence-corrected chi connectivity index (χ2v) is 2.90. The van der Waals surface area contributed by atoms with Crippen LogP contribution in [0.3, 0.4) is 0 Å². The summed E-state index contributed by atoms with van der Waals surface area (Å²) in [6, 6.07) is 5.85. The predicted octanol–water partition coefficient (Wildman–Crippen LogP) is 1.87. The Balaban J connectivity index is 2.14. The molecule has 1 heterocycles. The normalized spacial score (nSPS) is 10.0. The molecule has 6 nitrogen and oxygen atoms in total. The lowest BCUT2D eigenvalue weighted by atomic mass is 10.3. The lowest BCUT2D eigenvalue weighted by Gasteiger charge is -1.99. The first-order valence-electron chi connectivity index (χ1n) is 4.31. The van der Waals surface area contributed by atoms with Gasteiger partial charge < -0.3 is 19.4 Å². The molecular weight excluding hydrogens is 214 g/mol. The van der Waals surface area contributed by atoms with E-state index in [1.807, 2.05) is 0 Å². The molecule has 1 aromatic carbocycles. The van der Waals surface area contributed by atoms with Gasteiger partial charge in [-0.15, -0.1) is 0 Å². The van der Waals surface area contributed by atoms with E-state index in [1.165, 1.54) is 24.3 Å². The molecule has 0 saturated carbocycles. The van der Waals surface area contributed by atoms with Crippen molar-refractivity contribution in [3.05, 3.63) is 36.2 Å². The largest absolute Gasteiger partial charge is 0.508 e. The molecule has 2 aromatic rings. The van der Waals surface area contributed by atoms with E-state index in [0.29, 0.717) is 5.75 Å². The standard InChI is InChI=1S/C10H7NO5/c12-6-1-3-7(4-2-6)16-10-11-8(5-15-10)9(13)14/h1-5,12H,(H,13,14). The Kier molecular flexibility index (Phi) is 2.47. The van der Waals surface area contributed by atoms with Crippen LogP contribution in [0.1, 0.15) is 10.5 Å². The minimum absolute atomic E-state index is 0.103. The molecule has 0 atom stereocenters. The number of aromatic carboxylic acids is 1. The first-order valence-corrected chi connectivity index (χ1v) is 4.31. The second-order valence-electron chi connectivity index (χ2n) is 2.90. The molecule has 0 fully saturated rings. The summed E-state index contributed by atoms with van der Waals surface area (Å²) >= 11 is 0. The SMILES string of the molecule is O=C(O)c1coc(Oc2ccc(O)cc2)n1. The number of hydrogen-bond acceptors (Lipinski definition) is 5. The van der Waals surface area contributed by atoms with Crippen LogP contribution in [0.15, 0.2) is 34.9 Å². The summed E-state index contributed by atoms with van der Waals surface area (Å²) in [7, 11) is 0. The Hall–Kier alpha value is -2.50. The first-order chi connectivity index (χ1) is 7.65. The maximum absolute atomic E-state index is 10.5. The number of carbonyl (C=O) groups is 1. The Morgan fingerprint density at radius 2 is 2.00 bits per heavy atom. The van der Waals surface area contributed by atoms with Gasteiger partial charge in [-0.2, -0.15) is 4.98 Å². The van der Waals surface area contributed by atoms with E-state index in [0.717, 1.165) is 6.26 Å². The van der Waals surface area contributed by atoms with Crippen LogP contribution in [0.25, 0.3) is 0 Å². The van der Waals surface area contributed by atoms with Crippen LogP contribution < -0.4 is 4.74 Å². The van der Waals surface area contributed by atoms with E-state index in [2.05, 4.69) is 4.98 Å². The topological polar surface area (TPSA) is 92.8 Å². The van der Waals surface area contributed by atoms with Crippen molar-refractivity contribution in [1.29, 1.82) is 0 Å². The van der Waals surface area contributed by atoms with E-state index in [-0.39, 0.29) is 17.5 Å². The molecule has 2 N–H and O–H groups in total. The quantitative estimate of drug-likeness (QED) is 0.821. The maximum Gasteiger partial charge on any atom is 0.399 e. The molecule has 1 aromatic heterocycles. The van der Waals surface area contributed by atoms with Crippen LogP contribution in [0.4, 0.5) is 0 Å². The molecule has 0 radical (unpaired) electrons. The third kappa shape index (κ3) is 2.11. The number of carboxylic acid groups (broad SMARTS) is 1. The van der Waals surface area contributed by atoms with Crippen molar-refractivity contribution < 1.29 is 24.2 Å². The molecule has 82 valence electrons. The Morgan fingerprint density at radius 3 is 2.56 bits per heavy atom. The van der Waals surface area contributed by atoms with Gasteiger partial charge in [-0.25, -0.2) is 4.79 Å². The van der Waals surface area contributed by atoms with Gasteiger partial charge in [0.25, 0.3) is 0 Å². The zero-order chi connectivity index (χ0) is 11.5. The molecule has 0 aliphatic carbocycles. The van der Waals surface area contributed by atoms with Crippen LogP contribution in [0.2, 0.25) is 0 Å². The van der Waals surface area contributed by atoms with Gasteiger partial charge in [-0.3, -0.25) is 0 Å². The minimum Gasteiger partial charge on any atom is -0.508 e. The third-order valence-corrected chi connectivity index (χ3v) is 1.74. The summed E-state index contributed by atoms with van der Waals surface area (Å²) in [6.45, 7) is 0. The van der Waals surface area contributed by atoms with Crippen molar-refractivity contribution in [2.45, 2.75) is 0 Å². The lowest BCUT2D eigenvalue weighted by molar-refractivity contribution is 0.0690. The van der Waals surface area contributed by atoms with Crippen molar-refractivity contribution in [2.75, 3.05) is 0 Å². The number of carboxylic acids is 1. The fraction of sp³-hybridized carbons (Fsp3) is 0. The smallest absolute Gasteiger partial charge is 0.399 e. The summed E-state index contributed by atoms with van der Waals surface area (Å²) in [5.74, 6) is -0.702. The highest BCUT2D eigenvalue weighted by Crippen LogP contribution is 2.22. The van der Waals surface area contributed by atoms with Gasteiger partial charge in [0.15, 0.2) is 5.69 Å². The van der Waals surface area contributed by atoms with Crippen LogP contribution in [-0.2, 0) is 0 Å². The fourth-order valence-corrected chi connectivity index (χ4v) is 1.02. The van der Waals surface area contributed by atoms with Gasteiger partial charge in [0.05, 0.1) is 0 Å². The zero-order valence-electron chi connectivity index (χ0n) is 7.95. The van der Waals surface area contributed by atoms with E-state index >= 15 is 0 Å². The predicted molar refractivity (Wildman–Crippen MR) is 51.6 cm³/mol. The Labute approximate surface area is 89.7 Å². The number of aromatic nitrogens is 1. The van der Waals surface area contributed by atoms with Gasteiger partial charge in [-0.1, -0.05) is 0 Å². The average Bonchev–Trinajstić information content (AvgIpc) is 2.70. The summed E-state index contributed by atoms with van der Waals surface area (Å²) < 4.78 is 9.90. The van der Waals surface area contributed by atoms with Crippen LogP contribution in [-0.4, -0.2) is 21.2 Å². The van der Waals surface area contributed by atoms with Gasteiger partial charge >= 0.3 is 12.0 Å². The van der Waals surface area contributed by atoms with Crippen LogP contribution in [0, 0.1) is 0 Å². The number of oxazole rings is 1. The van der Waals surface area contributed by atoms with Crippen molar-refractivity contribution in [3.63, 3.8) is 0 Å². The number of nitrogens with zero attached hydrogens (tertiary/aromatic N) is 1. The number of aromatic hydroxyl groups is 1. The van der Waals surface area contributed by atoms with Gasteiger partial charge in [0.2, 0.25) is 0 Å². The summed E-state index contributed by atoms with van der Waals surface area (Å²) in [5.41, 5.74) is -0.228.